The third-order valence-corrected chi connectivity index (χ3v) is 6.42. The van der Waals surface area contributed by atoms with Crippen molar-refractivity contribution in [2.45, 2.75) is 65.4 Å². The Hall–Kier alpha value is -0.730. The van der Waals surface area contributed by atoms with E-state index < -0.39 is 6.16 Å². The maximum absolute atomic E-state index is 11.5. The number of hydrogen-bond acceptors (Lipinski definition) is 3. The molecule has 1 heterocycles. The lowest BCUT2D eigenvalue weighted by Crippen LogP contribution is -2.62. The highest BCUT2D eigenvalue weighted by molar-refractivity contribution is 5.61. The van der Waals surface area contributed by atoms with Crippen molar-refractivity contribution in [3.05, 3.63) is 0 Å². The van der Waals surface area contributed by atoms with Gasteiger partial charge in [0.1, 0.15) is 12.2 Å². The lowest BCUT2D eigenvalue weighted by atomic mass is 9.45. The fraction of sp³-hybridized carbons (Fsp3) is 0.938. The van der Waals surface area contributed by atoms with Crippen molar-refractivity contribution < 1.29 is 14.3 Å². The van der Waals surface area contributed by atoms with Crippen LogP contribution < -0.4 is 0 Å². The molecule has 108 valence electrons. The molecule has 0 aromatic carbocycles. The van der Waals surface area contributed by atoms with E-state index in [2.05, 4.69) is 27.7 Å². The SMILES string of the molecule is CC1(C)CCC[C@]2(C)[C@H]3COC(=O)O[C@]3(C)CC[C@@H]12. The van der Waals surface area contributed by atoms with Gasteiger partial charge in [0.25, 0.3) is 0 Å². The van der Waals surface area contributed by atoms with Crippen LogP contribution in [0.1, 0.15) is 59.8 Å². The summed E-state index contributed by atoms with van der Waals surface area (Å²) in [6.07, 6.45) is 5.51. The van der Waals surface area contributed by atoms with E-state index in [-0.39, 0.29) is 11.0 Å². The van der Waals surface area contributed by atoms with E-state index in [9.17, 15) is 4.79 Å². The van der Waals surface area contributed by atoms with Gasteiger partial charge in [-0.1, -0.05) is 27.2 Å². The van der Waals surface area contributed by atoms with E-state index in [1.54, 1.807) is 0 Å². The quantitative estimate of drug-likeness (QED) is 0.618. The van der Waals surface area contributed by atoms with Crippen LogP contribution in [0, 0.1) is 22.7 Å². The van der Waals surface area contributed by atoms with Crippen molar-refractivity contribution in [1.29, 1.82) is 0 Å². The summed E-state index contributed by atoms with van der Waals surface area (Å²) in [6.45, 7) is 9.88. The van der Waals surface area contributed by atoms with Gasteiger partial charge in [0, 0.05) is 5.92 Å². The summed E-state index contributed by atoms with van der Waals surface area (Å²) in [7, 11) is 0. The Bertz CT molecular complexity index is 403. The Labute approximate surface area is 116 Å². The molecule has 3 nitrogen and oxygen atoms in total. The normalized spacial score (nSPS) is 48.5. The summed E-state index contributed by atoms with van der Waals surface area (Å²) in [5.74, 6) is 1.06. The molecule has 0 amide bonds. The van der Waals surface area contributed by atoms with Crippen LogP contribution in [0.4, 0.5) is 4.79 Å². The number of fused-ring (bicyclic) bond motifs is 3. The number of hydrogen-bond donors (Lipinski definition) is 0. The molecule has 0 bridgehead atoms. The molecule has 19 heavy (non-hydrogen) atoms. The average molecular weight is 266 g/mol. The molecule has 3 heteroatoms. The molecule has 1 saturated heterocycles. The van der Waals surface area contributed by atoms with Gasteiger partial charge in [-0.2, -0.15) is 0 Å². The predicted molar refractivity (Wildman–Crippen MR) is 72.8 cm³/mol. The van der Waals surface area contributed by atoms with Gasteiger partial charge in [0.15, 0.2) is 0 Å². The van der Waals surface area contributed by atoms with E-state index in [0.717, 1.165) is 6.42 Å². The van der Waals surface area contributed by atoms with Crippen molar-refractivity contribution in [2.75, 3.05) is 6.61 Å². The van der Waals surface area contributed by atoms with Gasteiger partial charge in [-0.25, -0.2) is 4.79 Å². The Morgan fingerprint density at radius 3 is 2.53 bits per heavy atom. The fourth-order valence-electron chi connectivity index (χ4n) is 5.47. The Morgan fingerprint density at radius 1 is 1.05 bits per heavy atom. The maximum Gasteiger partial charge on any atom is 0.508 e. The third-order valence-electron chi connectivity index (χ3n) is 6.42. The van der Waals surface area contributed by atoms with Crippen LogP contribution in [0.25, 0.3) is 0 Å². The standard InChI is InChI=1S/C16H26O3/c1-14(2)7-5-8-15(3)11(14)6-9-16(4)12(15)10-18-13(17)19-16/h11-12H,5-10H2,1-4H3/t11-,12+,15-,16+/m0/s1. The second kappa shape index (κ2) is 3.89. The Kier molecular flexibility index (Phi) is 2.72. The largest absolute Gasteiger partial charge is 0.508 e. The van der Waals surface area contributed by atoms with E-state index in [4.69, 9.17) is 9.47 Å². The molecule has 4 atom stereocenters. The minimum Gasteiger partial charge on any atom is -0.434 e. The van der Waals surface area contributed by atoms with Gasteiger partial charge in [0.05, 0.1) is 0 Å². The summed E-state index contributed by atoms with van der Waals surface area (Å²) in [5, 5.41) is 0. The molecule has 0 N–H and O–H groups in total. The van der Waals surface area contributed by atoms with Crippen LogP contribution in [0.15, 0.2) is 0 Å². The first-order chi connectivity index (χ1) is 8.78. The van der Waals surface area contributed by atoms with E-state index in [1.807, 2.05) is 0 Å². The number of cyclic esters (lactones) is 1. The molecule has 0 radical (unpaired) electrons. The summed E-state index contributed by atoms with van der Waals surface area (Å²) in [5.41, 5.74) is 0.333. The van der Waals surface area contributed by atoms with Gasteiger partial charge in [-0.3, -0.25) is 0 Å². The van der Waals surface area contributed by atoms with Gasteiger partial charge in [0.2, 0.25) is 0 Å². The van der Waals surface area contributed by atoms with Crippen LogP contribution in [0.3, 0.4) is 0 Å². The third kappa shape index (κ3) is 1.80. The minimum atomic E-state index is -0.476. The lowest BCUT2D eigenvalue weighted by Gasteiger charge is -2.62. The van der Waals surface area contributed by atoms with Crippen molar-refractivity contribution in [3.63, 3.8) is 0 Å². The van der Waals surface area contributed by atoms with Crippen LogP contribution in [0.5, 0.6) is 0 Å². The summed E-state index contributed by atoms with van der Waals surface area (Å²) in [4.78, 5) is 11.5. The van der Waals surface area contributed by atoms with Crippen molar-refractivity contribution in [1.82, 2.24) is 0 Å². The molecule has 3 aliphatic rings. The highest BCUT2D eigenvalue weighted by atomic mass is 16.7. The van der Waals surface area contributed by atoms with Crippen molar-refractivity contribution in [3.8, 4) is 0 Å². The predicted octanol–water partition coefficient (Wildman–Crippen LogP) is 4.15. The fourth-order valence-corrected chi connectivity index (χ4v) is 5.47. The van der Waals surface area contributed by atoms with Gasteiger partial charge >= 0.3 is 6.16 Å². The first-order valence-corrected chi connectivity index (χ1v) is 7.64. The number of carbonyl (C=O) groups excluding carboxylic acids is 1. The van der Waals surface area contributed by atoms with E-state index >= 15 is 0 Å². The number of carbonyl (C=O) groups is 1. The second-order valence-electron chi connectivity index (χ2n) is 7.97. The average Bonchev–Trinajstić information content (AvgIpc) is 2.25. The second-order valence-corrected chi connectivity index (χ2v) is 7.97. The molecule has 0 spiro atoms. The molecule has 2 aliphatic carbocycles. The highest BCUT2D eigenvalue weighted by Crippen LogP contribution is 2.63. The van der Waals surface area contributed by atoms with E-state index in [1.165, 1.54) is 25.7 Å². The van der Waals surface area contributed by atoms with Crippen LogP contribution >= 0.6 is 0 Å². The molecule has 2 saturated carbocycles. The monoisotopic (exact) mass is 266 g/mol. The molecule has 3 fully saturated rings. The maximum atomic E-state index is 11.5. The molecule has 0 aromatic rings. The molecule has 0 unspecified atom stereocenters. The number of rotatable bonds is 0. The summed E-state index contributed by atoms with van der Waals surface area (Å²) < 4.78 is 10.8. The van der Waals surface area contributed by atoms with Crippen LogP contribution in [-0.2, 0) is 9.47 Å². The molecule has 0 aromatic heterocycles. The lowest BCUT2D eigenvalue weighted by molar-refractivity contribution is -0.214. The van der Waals surface area contributed by atoms with Gasteiger partial charge < -0.3 is 9.47 Å². The molecular formula is C16H26O3. The summed E-state index contributed by atoms with van der Waals surface area (Å²) in [6, 6.07) is 0. The van der Waals surface area contributed by atoms with Crippen LogP contribution in [0.2, 0.25) is 0 Å². The zero-order chi connectivity index (χ0) is 13.9. The zero-order valence-corrected chi connectivity index (χ0v) is 12.6. The van der Waals surface area contributed by atoms with Gasteiger partial charge in [-0.15, -0.1) is 0 Å². The Morgan fingerprint density at radius 2 is 1.79 bits per heavy atom. The van der Waals surface area contributed by atoms with Crippen LogP contribution in [-0.4, -0.2) is 18.4 Å². The zero-order valence-electron chi connectivity index (χ0n) is 12.6. The highest BCUT2D eigenvalue weighted by Gasteiger charge is 2.61. The van der Waals surface area contributed by atoms with E-state index in [0.29, 0.717) is 23.9 Å². The van der Waals surface area contributed by atoms with Crippen molar-refractivity contribution >= 4 is 6.16 Å². The summed E-state index contributed by atoms with van der Waals surface area (Å²) >= 11 is 0. The first-order valence-electron chi connectivity index (χ1n) is 7.64. The minimum absolute atomic E-state index is 0.245. The van der Waals surface area contributed by atoms with Crippen molar-refractivity contribution in [2.24, 2.45) is 22.7 Å². The smallest absolute Gasteiger partial charge is 0.434 e. The number of ether oxygens (including phenoxy) is 2. The van der Waals surface area contributed by atoms with Gasteiger partial charge in [-0.05, 0) is 49.4 Å². The molecule has 1 aliphatic heterocycles. The topological polar surface area (TPSA) is 35.5 Å². The Balaban J connectivity index is 1.97. The molecule has 3 rings (SSSR count). The molecular weight excluding hydrogens is 240 g/mol. The first kappa shape index (κ1) is 13.3.